The Balaban J connectivity index is 1.77. The molecule has 2 heterocycles. The first kappa shape index (κ1) is 12.6. The number of rotatable bonds is 3. The van der Waals surface area contributed by atoms with Gasteiger partial charge < -0.3 is 14.6 Å². The number of nitrogens with zero attached hydrogens (tertiary/aromatic N) is 2. The molecule has 20 heavy (non-hydrogen) atoms. The third-order valence-electron chi connectivity index (χ3n) is 3.10. The number of amides is 1. The van der Waals surface area contributed by atoms with E-state index in [0.717, 1.165) is 11.3 Å². The summed E-state index contributed by atoms with van der Waals surface area (Å²) in [5.41, 5.74) is 0.848. The average molecular weight is 274 g/mol. The van der Waals surface area contributed by atoms with E-state index in [1.807, 2.05) is 24.3 Å². The van der Waals surface area contributed by atoms with Gasteiger partial charge in [0.2, 0.25) is 17.6 Å². The van der Waals surface area contributed by atoms with Crippen molar-refractivity contribution in [2.24, 2.45) is 0 Å². The zero-order valence-corrected chi connectivity index (χ0v) is 10.9. The molecule has 2 aromatic rings. The standard InChI is InChI=1S/C13H14N4O3/c1-19-9-4-2-8(3-5-9)12-16-13(20-17-12)10-6-15-11(18)7-14-10/h2-5,10,14H,6-7H2,1H3,(H,15,18). The minimum atomic E-state index is -0.146. The molecule has 1 atom stereocenters. The maximum absolute atomic E-state index is 11.1. The zero-order chi connectivity index (χ0) is 13.9. The average Bonchev–Trinajstić information content (AvgIpc) is 2.98. The van der Waals surface area contributed by atoms with Crippen LogP contribution in [-0.2, 0) is 4.79 Å². The highest BCUT2D eigenvalue weighted by molar-refractivity contribution is 5.78. The van der Waals surface area contributed by atoms with Crippen LogP contribution in [0, 0.1) is 0 Å². The smallest absolute Gasteiger partial charge is 0.245 e. The van der Waals surface area contributed by atoms with E-state index >= 15 is 0 Å². The Morgan fingerprint density at radius 3 is 2.80 bits per heavy atom. The van der Waals surface area contributed by atoms with Gasteiger partial charge in [-0.25, -0.2) is 0 Å². The van der Waals surface area contributed by atoms with E-state index in [9.17, 15) is 4.79 Å². The second-order valence-corrected chi connectivity index (χ2v) is 4.42. The van der Waals surface area contributed by atoms with Crippen LogP contribution in [-0.4, -0.2) is 36.2 Å². The van der Waals surface area contributed by atoms with Crippen molar-refractivity contribution in [2.45, 2.75) is 6.04 Å². The van der Waals surface area contributed by atoms with Crippen molar-refractivity contribution in [1.82, 2.24) is 20.8 Å². The summed E-state index contributed by atoms with van der Waals surface area (Å²) in [5.74, 6) is 1.72. The van der Waals surface area contributed by atoms with E-state index in [1.54, 1.807) is 7.11 Å². The van der Waals surface area contributed by atoms with Gasteiger partial charge >= 0.3 is 0 Å². The van der Waals surface area contributed by atoms with Crippen molar-refractivity contribution < 1.29 is 14.1 Å². The van der Waals surface area contributed by atoms with Crippen molar-refractivity contribution in [2.75, 3.05) is 20.2 Å². The van der Waals surface area contributed by atoms with Gasteiger partial charge in [-0.2, -0.15) is 4.98 Å². The van der Waals surface area contributed by atoms with Gasteiger partial charge in [0.25, 0.3) is 0 Å². The number of hydrogen-bond donors (Lipinski definition) is 2. The minimum Gasteiger partial charge on any atom is -0.497 e. The van der Waals surface area contributed by atoms with Crippen molar-refractivity contribution in [3.8, 4) is 17.1 Å². The molecule has 1 fully saturated rings. The first-order chi connectivity index (χ1) is 9.76. The summed E-state index contributed by atoms with van der Waals surface area (Å²) < 4.78 is 10.3. The minimum absolute atomic E-state index is 0.0313. The Kier molecular flexibility index (Phi) is 3.34. The quantitative estimate of drug-likeness (QED) is 0.847. The van der Waals surface area contributed by atoms with E-state index in [4.69, 9.17) is 9.26 Å². The molecule has 0 aliphatic carbocycles. The molecule has 3 rings (SSSR count). The lowest BCUT2D eigenvalue weighted by Crippen LogP contribution is -2.47. The van der Waals surface area contributed by atoms with Crippen molar-refractivity contribution in [3.63, 3.8) is 0 Å². The summed E-state index contributed by atoms with van der Waals surface area (Å²) in [6.45, 7) is 0.702. The number of nitrogens with one attached hydrogen (secondary N) is 2. The number of aromatic nitrogens is 2. The summed E-state index contributed by atoms with van der Waals surface area (Å²) >= 11 is 0. The Hall–Kier alpha value is -2.41. The maximum atomic E-state index is 11.1. The van der Waals surface area contributed by atoms with Crippen LogP contribution in [0.4, 0.5) is 0 Å². The zero-order valence-electron chi connectivity index (χ0n) is 10.9. The van der Waals surface area contributed by atoms with Crippen LogP contribution < -0.4 is 15.4 Å². The van der Waals surface area contributed by atoms with Gasteiger partial charge in [0, 0.05) is 12.1 Å². The highest BCUT2D eigenvalue weighted by Crippen LogP contribution is 2.21. The molecule has 7 heteroatoms. The summed E-state index contributed by atoms with van der Waals surface area (Å²) in [6, 6.07) is 7.26. The van der Waals surface area contributed by atoms with E-state index < -0.39 is 0 Å². The lowest BCUT2D eigenvalue weighted by molar-refractivity contribution is -0.121. The van der Waals surface area contributed by atoms with Gasteiger partial charge in [-0.1, -0.05) is 5.16 Å². The molecule has 1 aliphatic rings. The number of benzene rings is 1. The number of hydrogen-bond acceptors (Lipinski definition) is 6. The normalized spacial score (nSPS) is 18.6. The van der Waals surface area contributed by atoms with Gasteiger partial charge in [-0.3, -0.25) is 10.1 Å². The molecule has 1 aromatic heterocycles. The third-order valence-corrected chi connectivity index (χ3v) is 3.10. The monoisotopic (exact) mass is 274 g/mol. The fourth-order valence-corrected chi connectivity index (χ4v) is 1.98. The molecule has 7 nitrogen and oxygen atoms in total. The maximum Gasteiger partial charge on any atom is 0.245 e. The lowest BCUT2D eigenvalue weighted by atomic mass is 10.2. The van der Waals surface area contributed by atoms with Crippen LogP contribution in [0.3, 0.4) is 0 Å². The van der Waals surface area contributed by atoms with Gasteiger partial charge in [0.1, 0.15) is 11.8 Å². The Labute approximate surface area is 115 Å². The second-order valence-electron chi connectivity index (χ2n) is 4.42. The van der Waals surface area contributed by atoms with Gasteiger partial charge in [-0.15, -0.1) is 0 Å². The van der Waals surface area contributed by atoms with Crippen LogP contribution in [0.5, 0.6) is 5.75 Å². The van der Waals surface area contributed by atoms with Crippen LogP contribution in [0.15, 0.2) is 28.8 Å². The topological polar surface area (TPSA) is 89.3 Å². The molecule has 1 saturated heterocycles. The Morgan fingerprint density at radius 1 is 1.35 bits per heavy atom. The van der Waals surface area contributed by atoms with E-state index in [-0.39, 0.29) is 18.5 Å². The summed E-state index contributed by atoms with van der Waals surface area (Å²) in [6.07, 6.45) is 0. The molecule has 104 valence electrons. The van der Waals surface area contributed by atoms with Crippen LogP contribution >= 0.6 is 0 Å². The lowest BCUT2D eigenvalue weighted by Gasteiger charge is -2.20. The number of carbonyl (C=O) groups excluding carboxylic acids is 1. The summed E-state index contributed by atoms with van der Waals surface area (Å²) in [5, 5.41) is 9.75. The number of methoxy groups -OCH3 is 1. The van der Waals surface area contributed by atoms with Gasteiger partial charge in [0.15, 0.2) is 0 Å². The van der Waals surface area contributed by atoms with Gasteiger partial charge in [0.05, 0.1) is 13.7 Å². The molecular weight excluding hydrogens is 260 g/mol. The molecule has 2 N–H and O–H groups in total. The summed E-state index contributed by atoms with van der Waals surface area (Å²) in [7, 11) is 1.62. The SMILES string of the molecule is COc1ccc(-c2noc(C3CNC(=O)CN3)n2)cc1. The van der Waals surface area contributed by atoms with Crippen molar-refractivity contribution >= 4 is 5.91 Å². The van der Waals surface area contributed by atoms with Crippen LogP contribution in [0.25, 0.3) is 11.4 Å². The largest absolute Gasteiger partial charge is 0.497 e. The fourth-order valence-electron chi connectivity index (χ4n) is 1.98. The molecule has 0 spiro atoms. The molecular formula is C13H14N4O3. The predicted octanol–water partition coefficient (Wildman–Crippen LogP) is 0.506. The molecule has 0 saturated carbocycles. The van der Waals surface area contributed by atoms with Gasteiger partial charge in [-0.05, 0) is 24.3 Å². The van der Waals surface area contributed by atoms with Crippen molar-refractivity contribution in [3.05, 3.63) is 30.2 Å². The molecule has 0 radical (unpaired) electrons. The van der Waals surface area contributed by atoms with E-state index in [1.165, 1.54) is 0 Å². The highest BCUT2D eigenvalue weighted by Gasteiger charge is 2.24. The number of ether oxygens (including phenoxy) is 1. The third kappa shape index (κ3) is 2.48. The highest BCUT2D eigenvalue weighted by atomic mass is 16.5. The molecule has 1 unspecified atom stereocenters. The molecule has 0 bridgehead atoms. The second kappa shape index (κ2) is 5.30. The first-order valence-electron chi connectivity index (χ1n) is 6.24. The van der Waals surface area contributed by atoms with Crippen molar-refractivity contribution in [1.29, 1.82) is 0 Å². The summed E-state index contributed by atoms with van der Waals surface area (Å²) in [4.78, 5) is 15.4. The Morgan fingerprint density at radius 2 is 2.15 bits per heavy atom. The molecule has 1 aliphatic heterocycles. The van der Waals surface area contributed by atoms with E-state index in [2.05, 4.69) is 20.8 Å². The van der Waals surface area contributed by atoms with Crippen LogP contribution in [0.1, 0.15) is 11.9 Å². The number of piperazine rings is 1. The number of carbonyl (C=O) groups is 1. The first-order valence-corrected chi connectivity index (χ1v) is 6.24. The van der Waals surface area contributed by atoms with E-state index in [0.29, 0.717) is 18.3 Å². The fraction of sp³-hybridized carbons (Fsp3) is 0.308. The molecule has 1 aromatic carbocycles. The van der Waals surface area contributed by atoms with Crippen LogP contribution in [0.2, 0.25) is 0 Å². The Bertz CT molecular complexity index is 598. The molecule has 1 amide bonds. The predicted molar refractivity (Wildman–Crippen MR) is 70.0 cm³/mol.